The first-order valence-electron chi connectivity index (χ1n) is 6.97. The molecule has 0 aromatic heterocycles. The van der Waals surface area contributed by atoms with Crippen molar-refractivity contribution in [2.75, 3.05) is 30.7 Å². The first-order chi connectivity index (χ1) is 9.51. The van der Waals surface area contributed by atoms with E-state index in [4.69, 9.17) is 0 Å². The van der Waals surface area contributed by atoms with Crippen molar-refractivity contribution in [1.29, 1.82) is 0 Å². The first kappa shape index (κ1) is 19.4. The summed E-state index contributed by atoms with van der Waals surface area (Å²) in [4.78, 5) is 24.7. The second-order valence-corrected chi connectivity index (χ2v) is 5.57. The minimum atomic E-state index is -0.123. The van der Waals surface area contributed by atoms with E-state index < -0.39 is 0 Å². The molecule has 116 valence electrons. The Kier molecular flexibility index (Phi) is 11.8. The van der Waals surface area contributed by atoms with E-state index in [1.165, 1.54) is 6.08 Å². The van der Waals surface area contributed by atoms with E-state index in [0.717, 1.165) is 37.0 Å². The molecule has 0 bridgehead atoms. The fourth-order valence-corrected chi connectivity index (χ4v) is 2.22. The van der Waals surface area contributed by atoms with Gasteiger partial charge in [-0.3, -0.25) is 14.5 Å². The Morgan fingerprint density at radius 1 is 1.20 bits per heavy atom. The summed E-state index contributed by atoms with van der Waals surface area (Å²) in [5.74, 6) is 0.0322. The summed E-state index contributed by atoms with van der Waals surface area (Å²) in [7, 11) is 0. The topological polar surface area (TPSA) is 61.4 Å². The summed E-state index contributed by atoms with van der Waals surface area (Å²) >= 11 is 2.33. The normalized spacial score (nSPS) is 10.7. The van der Waals surface area contributed by atoms with Crippen molar-refractivity contribution in [3.05, 3.63) is 12.7 Å². The van der Waals surface area contributed by atoms with Crippen molar-refractivity contribution in [2.45, 2.75) is 26.7 Å². The predicted molar refractivity (Wildman–Crippen MR) is 90.7 cm³/mol. The number of hydrogen-bond acceptors (Lipinski definition) is 3. The van der Waals surface area contributed by atoms with Gasteiger partial charge in [-0.25, -0.2) is 0 Å². The molecule has 2 amide bonds. The van der Waals surface area contributed by atoms with Crippen LogP contribution in [0.15, 0.2) is 12.7 Å². The van der Waals surface area contributed by atoms with Crippen molar-refractivity contribution < 1.29 is 9.59 Å². The monoisotopic (exact) mass is 395 g/mol. The molecule has 0 rings (SSSR count). The molecule has 0 aliphatic heterocycles. The lowest BCUT2D eigenvalue weighted by Crippen LogP contribution is -2.33. The molecular formula is C14H26IN3O2. The van der Waals surface area contributed by atoms with E-state index in [-0.39, 0.29) is 17.7 Å². The van der Waals surface area contributed by atoms with Crippen LogP contribution in [0.4, 0.5) is 0 Å². The maximum atomic E-state index is 11.4. The predicted octanol–water partition coefficient (Wildman–Crippen LogP) is 1.54. The van der Waals surface area contributed by atoms with Crippen molar-refractivity contribution >= 4 is 34.4 Å². The van der Waals surface area contributed by atoms with Gasteiger partial charge in [-0.1, -0.05) is 43.0 Å². The Hall–Kier alpha value is -0.630. The van der Waals surface area contributed by atoms with Gasteiger partial charge < -0.3 is 10.6 Å². The lowest BCUT2D eigenvalue weighted by Gasteiger charge is -2.19. The number of carbonyl (C=O) groups is 2. The molecule has 0 fully saturated rings. The largest absolute Gasteiger partial charge is 0.356 e. The fourth-order valence-electron chi connectivity index (χ4n) is 1.54. The third-order valence-corrected chi connectivity index (χ3v) is 3.74. The number of carbonyl (C=O) groups excluding carboxylic acids is 2. The quantitative estimate of drug-likeness (QED) is 0.183. The molecule has 6 heteroatoms. The van der Waals surface area contributed by atoms with E-state index in [0.29, 0.717) is 6.54 Å². The first-order valence-corrected chi connectivity index (χ1v) is 8.50. The number of rotatable bonds is 11. The zero-order valence-electron chi connectivity index (χ0n) is 12.5. The molecule has 0 aliphatic carbocycles. The average molecular weight is 395 g/mol. The highest BCUT2D eigenvalue weighted by molar-refractivity contribution is 14.1. The van der Waals surface area contributed by atoms with Gasteiger partial charge in [-0.2, -0.15) is 0 Å². The SMILES string of the molecule is C=CC(=O)NCCCN(CI)CCCNC(=O)C(C)C. The van der Waals surface area contributed by atoms with Gasteiger partial charge in [-0.15, -0.1) is 0 Å². The maximum absolute atomic E-state index is 11.4. The van der Waals surface area contributed by atoms with E-state index in [1.54, 1.807) is 0 Å². The number of nitrogens with zero attached hydrogens (tertiary/aromatic N) is 1. The highest BCUT2D eigenvalue weighted by Crippen LogP contribution is 1.98. The fraction of sp³-hybridized carbons (Fsp3) is 0.714. The van der Waals surface area contributed by atoms with Crippen LogP contribution in [-0.4, -0.2) is 47.4 Å². The molecule has 0 radical (unpaired) electrons. The smallest absolute Gasteiger partial charge is 0.243 e. The van der Waals surface area contributed by atoms with Gasteiger partial charge in [0.2, 0.25) is 11.8 Å². The molecule has 0 atom stereocenters. The Morgan fingerprint density at radius 3 is 2.20 bits per heavy atom. The van der Waals surface area contributed by atoms with Crippen LogP contribution in [0.1, 0.15) is 26.7 Å². The summed E-state index contributed by atoms with van der Waals surface area (Å²) in [5.41, 5.74) is 0. The highest BCUT2D eigenvalue weighted by Gasteiger charge is 2.06. The summed E-state index contributed by atoms with van der Waals surface area (Å²) < 4.78 is 0.950. The lowest BCUT2D eigenvalue weighted by atomic mass is 10.2. The molecular weight excluding hydrogens is 369 g/mol. The van der Waals surface area contributed by atoms with E-state index in [1.807, 2.05) is 13.8 Å². The minimum Gasteiger partial charge on any atom is -0.356 e. The van der Waals surface area contributed by atoms with Crippen LogP contribution >= 0.6 is 22.6 Å². The van der Waals surface area contributed by atoms with Crippen LogP contribution < -0.4 is 10.6 Å². The molecule has 0 saturated heterocycles. The average Bonchev–Trinajstić information content (AvgIpc) is 2.44. The van der Waals surface area contributed by atoms with Gasteiger partial charge in [-0.05, 0) is 18.9 Å². The van der Waals surface area contributed by atoms with Crippen LogP contribution in [0.5, 0.6) is 0 Å². The zero-order chi connectivity index (χ0) is 15.4. The summed E-state index contributed by atoms with van der Waals surface area (Å²) in [6.45, 7) is 10.5. The minimum absolute atomic E-state index is 0.0455. The van der Waals surface area contributed by atoms with Crippen LogP contribution in [0.2, 0.25) is 0 Å². The molecule has 5 nitrogen and oxygen atoms in total. The van der Waals surface area contributed by atoms with Crippen molar-refractivity contribution in [3.8, 4) is 0 Å². The number of nitrogens with one attached hydrogen (secondary N) is 2. The third-order valence-electron chi connectivity index (χ3n) is 2.78. The Labute approximate surface area is 135 Å². The lowest BCUT2D eigenvalue weighted by molar-refractivity contribution is -0.124. The standard InChI is InChI=1S/C14H26IN3O2/c1-4-13(19)16-7-5-9-18(11-15)10-6-8-17-14(20)12(2)3/h4,12H,1,5-11H2,2-3H3,(H,16,19)(H,17,20). The van der Waals surface area contributed by atoms with E-state index >= 15 is 0 Å². The van der Waals surface area contributed by atoms with Crippen molar-refractivity contribution in [2.24, 2.45) is 5.92 Å². The van der Waals surface area contributed by atoms with Gasteiger partial charge in [0.25, 0.3) is 0 Å². The Balaban J connectivity index is 3.64. The number of hydrogen-bond donors (Lipinski definition) is 2. The van der Waals surface area contributed by atoms with Crippen LogP contribution in [0, 0.1) is 5.92 Å². The van der Waals surface area contributed by atoms with Gasteiger partial charge in [0, 0.05) is 32.1 Å². The summed E-state index contributed by atoms with van der Waals surface area (Å²) in [5, 5.41) is 5.68. The third kappa shape index (κ3) is 10.2. The van der Waals surface area contributed by atoms with Gasteiger partial charge in [0.1, 0.15) is 0 Å². The van der Waals surface area contributed by atoms with Gasteiger partial charge in [0.05, 0.1) is 4.55 Å². The second-order valence-electron chi connectivity index (χ2n) is 4.89. The van der Waals surface area contributed by atoms with Crippen LogP contribution in [0.25, 0.3) is 0 Å². The summed E-state index contributed by atoms with van der Waals surface area (Å²) in [6, 6.07) is 0. The van der Waals surface area contributed by atoms with Crippen LogP contribution in [0.3, 0.4) is 0 Å². The Bertz CT molecular complexity index is 309. The molecule has 0 saturated carbocycles. The molecule has 0 heterocycles. The van der Waals surface area contributed by atoms with E-state index in [2.05, 4.69) is 44.7 Å². The number of amides is 2. The van der Waals surface area contributed by atoms with Gasteiger partial charge in [0.15, 0.2) is 0 Å². The zero-order valence-corrected chi connectivity index (χ0v) is 14.6. The molecule has 0 aliphatic rings. The molecule has 0 unspecified atom stereocenters. The molecule has 0 aromatic rings. The molecule has 20 heavy (non-hydrogen) atoms. The highest BCUT2D eigenvalue weighted by atomic mass is 127. The second kappa shape index (κ2) is 12.1. The number of alkyl halides is 1. The molecule has 2 N–H and O–H groups in total. The molecule has 0 aromatic carbocycles. The summed E-state index contributed by atoms with van der Waals surface area (Å²) in [6.07, 6.45) is 3.15. The van der Waals surface area contributed by atoms with E-state index in [9.17, 15) is 9.59 Å². The maximum Gasteiger partial charge on any atom is 0.243 e. The number of halogens is 1. The van der Waals surface area contributed by atoms with Crippen LogP contribution in [-0.2, 0) is 9.59 Å². The molecule has 0 spiro atoms. The van der Waals surface area contributed by atoms with Gasteiger partial charge >= 0.3 is 0 Å². The van der Waals surface area contributed by atoms with Crippen molar-refractivity contribution in [1.82, 2.24) is 15.5 Å². The van der Waals surface area contributed by atoms with Crippen molar-refractivity contribution in [3.63, 3.8) is 0 Å². The Morgan fingerprint density at radius 2 is 1.75 bits per heavy atom.